The van der Waals surface area contributed by atoms with Crippen LogP contribution in [0.25, 0.3) is 5.82 Å². The van der Waals surface area contributed by atoms with Crippen molar-refractivity contribution < 1.29 is 26.3 Å². The third-order valence-electron chi connectivity index (χ3n) is 2.97. The van der Waals surface area contributed by atoms with Crippen LogP contribution in [-0.4, -0.2) is 14.8 Å². The fourth-order valence-electron chi connectivity index (χ4n) is 1.91. The van der Waals surface area contributed by atoms with Gasteiger partial charge in [-0.05, 0) is 19.9 Å². The molecule has 0 unspecified atom stereocenters. The average Bonchev–Trinajstić information content (AvgIpc) is 2.72. The van der Waals surface area contributed by atoms with Crippen LogP contribution in [0, 0.1) is 13.8 Å². The maximum atomic E-state index is 12.7. The minimum Gasteiger partial charge on any atom is -0.232 e. The molecule has 0 aliphatic heterocycles. The van der Waals surface area contributed by atoms with Crippen molar-refractivity contribution in [3.63, 3.8) is 0 Å². The van der Waals surface area contributed by atoms with Crippen LogP contribution in [-0.2, 0) is 12.4 Å². The van der Waals surface area contributed by atoms with Crippen LogP contribution in [0.1, 0.15) is 22.5 Å². The van der Waals surface area contributed by atoms with Gasteiger partial charge in [0, 0.05) is 0 Å². The van der Waals surface area contributed by atoms with Gasteiger partial charge in [-0.1, -0.05) is 11.6 Å². The SMILES string of the molecule is Cc1nc(-n2ncc(C(F)(F)F)c2C)c(Cl)cc1C(F)(F)F. The van der Waals surface area contributed by atoms with Crippen molar-refractivity contribution in [3.8, 4) is 5.82 Å². The first-order valence-corrected chi connectivity index (χ1v) is 6.17. The molecule has 2 rings (SSSR count). The summed E-state index contributed by atoms with van der Waals surface area (Å²) >= 11 is 5.73. The van der Waals surface area contributed by atoms with Gasteiger partial charge in [0.15, 0.2) is 5.82 Å². The van der Waals surface area contributed by atoms with E-state index in [4.69, 9.17) is 11.6 Å². The molecule has 0 atom stereocenters. The second kappa shape index (κ2) is 5.15. The van der Waals surface area contributed by atoms with Crippen LogP contribution in [0.5, 0.6) is 0 Å². The van der Waals surface area contributed by atoms with Crippen LogP contribution in [0.4, 0.5) is 26.3 Å². The molecule has 0 amide bonds. The van der Waals surface area contributed by atoms with Gasteiger partial charge in [-0.15, -0.1) is 0 Å². The highest BCUT2D eigenvalue weighted by molar-refractivity contribution is 6.32. The Bertz CT molecular complexity index is 717. The minimum absolute atomic E-state index is 0.292. The van der Waals surface area contributed by atoms with Gasteiger partial charge in [-0.25, -0.2) is 9.67 Å². The van der Waals surface area contributed by atoms with E-state index < -0.39 is 34.2 Å². The molecule has 2 aromatic rings. The highest BCUT2D eigenvalue weighted by Crippen LogP contribution is 2.36. The van der Waals surface area contributed by atoms with E-state index in [0.29, 0.717) is 12.3 Å². The quantitative estimate of drug-likeness (QED) is 0.710. The largest absolute Gasteiger partial charge is 0.419 e. The Morgan fingerprint density at radius 2 is 1.55 bits per heavy atom. The van der Waals surface area contributed by atoms with Crippen molar-refractivity contribution in [1.82, 2.24) is 14.8 Å². The third-order valence-corrected chi connectivity index (χ3v) is 3.25. The second-order valence-electron chi connectivity index (χ2n) is 4.48. The smallest absolute Gasteiger partial charge is 0.232 e. The number of pyridine rings is 1. The van der Waals surface area contributed by atoms with Crippen molar-refractivity contribution in [2.75, 3.05) is 0 Å². The second-order valence-corrected chi connectivity index (χ2v) is 4.88. The van der Waals surface area contributed by atoms with E-state index in [9.17, 15) is 26.3 Å². The van der Waals surface area contributed by atoms with E-state index in [-0.39, 0.29) is 11.5 Å². The van der Waals surface area contributed by atoms with E-state index in [1.54, 1.807) is 0 Å². The maximum absolute atomic E-state index is 12.7. The zero-order valence-corrected chi connectivity index (χ0v) is 11.9. The van der Waals surface area contributed by atoms with E-state index in [2.05, 4.69) is 10.1 Å². The van der Waals surface area contributed by atoms with Crippen LogP contribution in [0.2, 0.25) is 5.02 Å². The van der Waals surface area contributed by atoms with E-state index in [1.165, 1.54) is 0 Å². The van der Waals surface area contributed by atoms with Crippen LogP contribution in [0.15, 0.2) is 12.3 Å². The summed E-state index contributed by atoms with van der Waals surface area (Å²) in [6.45, 7) is 2.22. The summed E-state index contributed by atoms with van der Waals surface area (Å²) in [6, 6.07) is 0.619. The van der Waals surface area contributed by atoms with Crippen LogP contribution in [0.3, 0.4) is 0 Å². The number of aromatic nitrogens is 3. The lowest BCUT2D eigenvalue weighted by molar-refractivity contribution is -0.139. The lowest BCUT2D eigenvalue weighted by atomic mass is 10.2. The summed E-state index contributed by atoms with van der Waals surface area (Å²) in [5.41, 5.74) is -2.79. The Morgan fingerprint density at radius 1 is 1.00 bits per heavy atom. The van der Waals surface area contributed by atoms with Gasteiger partial charge in [0.05, 0.1) is 33.7 Å². The first-order chi connectivity index (χ1) is 9.93. The van der Waals surface area contributed by atoms with Gasteiger partial charge >= 0.3 is 12.4 Å². The number of hydrogen-bond donors (Lipinski definition) is 0. The summed E-state index contributed by atoms with van der Waals surface area (Å²) in [6.07, 6.45) is -8.72. The van der Waals surface area contributed by atoms with Gasteiger partial charge in [-0.2, -0.15) is 31.4 Å². The molecule has 22 heavy (non-hydrogen) atoms. The average molecular weight is 344 g/mol. The van der Waals surface area contributed by atoms with Gasteiger partial charge < -0.3 is 0 Å². The summed E-state index contributed by atoms with van der Waals surface area (Å²) in [5, 5.41) is 3.07. The molecule has 2 aromatic heterocycles. The van der Waals surface area contributed by atoms with Crippen LogP contribution < -0.4 is 0 Å². The predicted molar refractivity (Wildman–Crippen MR) is 65.8 cm³/mol. The Labute approximate surface area is 125 Å². The minimum atomic E-state index is -4.66. The number of halogens is 7. The van der Waals surface area contributed by atoms with Crippen molar-refractivity contribution in [2.45, 2.75) is 26.2 Å². The first-order valence-electron chi connectivity index (χ1n) is 5.79. The molecular weight excluding hydrogens is 336 g/mol. The highest BCUT2D eigenvalue weighted by atomic mass is 35.5. The predicted octanol–water partition coefficient (Wildman–Crippen LogP) is 4.58. The summed E-state index contributed by atoms with van der Waals surface area (Å²) in [4.78, 5) is 3.65. The number of rotatable bonds is 1. The zero-order chi connectivity index (χ0) is 16.9. The molecule has 0 bridgehead atoms. The van der Waals surface area contributed by atoms with Crippen molar-refractivity contribution in [3.05, 3.63) is 39.8 Å². The summed E-state index contributed by atoms with van der Waals surface area (Å²) in [5.74, 6) is -0.292. The summed E-state index contributed by atoms with van der Waals surface area (Å²) < 4.78 is 77.1. The fourth-order valence-corrected chi connectivity index (χ4v) is 2.14. The molecule has 0 radical (unpaired) electrons. The van der Waals surface area contributed by atoms with Crippen molar-refractivity contribution in [2.24, 2.45) is 0 Å². The Hall–Kier alpha value is -1.77. The molecule has 120 valence electrons. The normalized spacial score (nSPS) is 12.8. The molecule has 0 fully saturated rings. The number of aryl methyl sites for hydroxylation is 1. The molecule has 0 saturated heterocycles. The fraction of sp³-hybridized carbons (Fsp3) is 0.333. The standard InChI is InChI=1S/C12H8ClF6N3/c1-5-7(11(14,15)16)3-9(13)10(21-5)22-6(2)8(4-20-22)12(17,18)19/h3-4H,1-2H3. The molecule has 10 heteroatoms. The molecule has 0 N–H and O–H groups in total. The molecule has 0 saturated carbocycles. The van der Waals surface area contributed by atoms with Gasteiger partial charge in [0.25, 0.3) is 0 Å². The number of alkyl halides is 6. The first kappa shape index (κ1) is 16.6. The lowest BCUT2D eigenvalue weighted by Crippen LogP contribution is -2.13. The lowest BCUT2D eigenvalue weighted by Gasteiger charge is -2.13. The Kier molecular flexibility index (Phi) is 3.88. The number of hydrogen-bond acceptors (Lipinski definition) is 2. The van der Waals surface area contributed by atoms with Crippen molar-refractivity contribution in [1.29, 1.82) is 0 Å². The molecule has 0 aliphatic rings. The van der Waals surface area contributed by atoms with Gasteiger partial charge in [-0.3, -0.25) is 0 Å². The Morgan fingerprint density at radius 3 is 2.00 bits per heavy atom. The Balaban J connectivity index is 2.61. The number of nitrogens with zero attached hydrogens (tertiary/aromatic N) is 3. The van der Waals surface area contributed by atoms with E-state index in [1.807, 2.05) is 0 Å². The van der Waals surface area contributed by atoms with Gasteiger partial charge in [0.2, 0.25) is 0 Å². The maximum Gasteiger partial charge on any atom is 0.419 e. The van der Waals surface area contributed by atoms with E-state index >= 15 is 0 Å². The van der Waals surface area contributed by atoms with Crippen molar-refractivity contribution >= 4 is 11.6 Å². The van der Waals surface area contributed by atoms with E-state index in [0.717, 1.165) is 18.5 Å². The summed E-state index contributed by atoms with van der Waals surface area (Å²) in [7, 11) is 0. The monoisotopic (exact) mass is 343 g/mol. The molecule has 2 heterocycles. The zero-order valence-electron chi connectivity index (χ0n) is 11.1. The molecule has 3 nitrogen and oxygen atoms in total. The molecular formula is C12H8ClF6N3. The molecule has 0 spiro atoms. The third kappa shape index (κ3) is 2.90. The molecule has 0 aromatic carbocycles. The van der Waals surface area contributed by atoms with Crippen LogP contribution >= 0.6 is 11.6 Å². The topological polar surface area (TPSA) is 30.7 Å². The highest BCUT2D eigenvalue weighted by Gasteiger charge is 2.37. The molecule has 0 aliphatic carbocycles. The van der Waals surface area contributed by atoms with Gasteiger partial charge in [0.1, 0.15) is 0 Å².